The molecule has 7 aromatic rings. The first-order chi connectivity index (χ1) is 39.1. The van der Waals surface area contributed by atoms with E-state index in [1.54, 1.807) is 37.3 Å². The quantitative estimate of drug-likeness (QED) is 0.0481. The minimum absolute atomic E-state index is 0.207. The van der Waals surface area contributed by atoms with Crippen LogP contribution in [0.2, 0.25) is 0 Å². The summed E-state index contributed by atoms with van der Waals surface area (Å²) in [6, 6.07) is 23.6. The number of fused-ring (bicyclic) bond motifs is 8. The zero-order valence-corrected chi connectivity index (χ0v) is 52.3. The number of ketones is 1. The van der Waals surface area contributed by atoms with Crippen molar-refractivity contribution in [2.45, 2.75) is 59.1 Å². The number of aliphatic hydroxyl groups is 1. The molecule has 0 bridgehead atoms. The van der Waals surface area contributed by atoms with E-state index < -0.39 is 5.54 Å². The van der Waals surface area contributed by atoms with Crippen molar-refractivity contribution in [3.63, 3.8) is 0 Å². The highest BCUT2D eigenvalue weighted by Crippen LogP contribution is 2.48. The Kier molecular flexibility index (Phi) is 27.8. The molecule has 81 heavy (non-hydrogen) atoms. The van der Waals surface area contributed by atoms with Gasteiger partial charge in [-0.2, -0.15) is 0 Å². The van der Waals surface area contributed by atoms with Crippen LogP contribution < -0.4 is 43.5 Å². The van der Waals surface area contributed by atoms with Crippen molar-refractivity contribution in [2.75, 3.05) is 124 Å². The summed E-state index contributed by atoms with van der Waals surface area (Å²) >= 11 is 7.58. The number of nitrogens with one attached hydrogen (secondary N) is 3. The van der Waals surface area contributed by atoms with Crippen LogP contribution in [0.25, 0.3) is 32.6 Å². The van der Waals surface area contributed by atoms with Gasteiger partial charge in [0.1, 0.15) is 29.5 Å². The first-order valence-electron chi connectivity index (χ1n) is 26.1. The van der Waals surface area contributed by atoms with E-state index in [4.69, 9.17) is 33.5 Å². The van der Waals surface area contributed by atoms with Crippen LogP contribution >= 0.6 is 27.5 Å². The Labute approximate surface area is 490 Å². The van der Waals surface area contributed by atoms with Gasteiger partial charge in [-0.25, -0.2) is 0 Å². The zero-order chi connectivity index (χ0) is 60.7. The maximum atomic E-state index is 13.6. The van der Waals surface area contributed by atoms with Crippen molar-refractivity contribution in [3.8, 4) is 34.5 Å². The lowest BCUT2D eigenvalue weighted by Crippen LogP contribution is -2.39. The maximum absolute atomic E-state index is 13.6. The van der Waals surface area contributed by atoms with Gasteiger partial charge in [-0.3, -0.25) is 14.4 Å². The summed E-state index contributed by atoms with van der Waals surface area (Å²) in [7, 11) is 16.5. The topological polar surface area (TPSA) is 206 Å². The molecule has 5 aromatic carbocycles. The number of carbonyl (C=O) groups excluding carboxylic acids is 4. The van der Waals surface area contributed by atoms with E-state index in [2.05, 4.69) is 109 Å². The predicted octanol–water partition coefficient (Wildman–Crippen LogP) is 11.3. The van der Waals surface area contributed by atoms with E-state index >= 15 is 0 Å². The standard InChI is InChI=1S/C25H25N3O7.C16H19NO.C13H16N2O2.C2H6O.C2H6.CH3Br.CH3Cl.CH4O/c1-25(11-29)23(30)18-13-6-7-28(15(13)10-16(32-2)20(18)27-25)24(31)14-8-12-9-17(33-3)21(34-4)22(35-5)19(12)26-14;1-11(2)18-16-10-15-13(8-9-17(15)3)12-6-4-5-7-14(12)16;1-15(2)5-6-17-12-3-4-13-10(8-12)7-11(9-16)14-13;1-3-2;4*1-2/h8-11,26-27H,6-7H2,1-5H3;4-7,10-11H,8-9H2,1-3H3;3-4,7-9,14H,5-6H2,1-2H3;1-2H3;1-2H3;2*1H3;2H,1H3/t25-;;;;;;;/m0......./s1. The third kappa shape index (κ3) is 15.7. The molecular formula is C61H82BrClN6O12. The molecule has 0 spiro atoms. The van der Waals surface area contributed by atoms with Crippen LogP contribution in [-0.2, 0) is 22.4 Å². The number of halogens is 2. The number of Topliss-reactive ketones (excluding diaryl/α,β-unsaturated/α-hetero) is 1. The molecule has 0 saturated carbocycles. The highest BCUT2D eigenvalue weighted by Gasteiger charge is 2.46. The van der Waals surface area contributed by atoms with E-state index in [1.165, 1.54) is 63.8 Å². The number of nitrogens with zero attached hydrogens (tertiary/aromatic N) is 3. The first-order valence-corrected chi connectivity index (χ1v) is 28.5. The van der Waals surface area contributed by atoms with Gasteiger partial charge in [0.2, 0.25) is 5.75 Å². The summed E-state index contributed by atoms with van der Waals surface area (Å²) in [5, 5.41) is 14.3. The molecular weight excluding hydrogens is 1120 g/mol. The number of alkyl halides is 2. The van der Waals surface area contributed by atoms with Crippen LogP contribution in [0.4, 0.5) is 17.1 Å². The third-order valence-electron chi connectivity index (χ3n) is 12.8. The van der Waals surface area contributed by atoms with Crippen LogP contribution in [0.5, 0.6) is 34.5 Å². The second kappa shape index (κ2) is 33.0. The van der Waals surface area contributed by atoms with Gasteiger partial charge in [0.05, 0.1) is 62.7 Å². The first kappa shape index (κ1) is 68.2. The van der Waals surface area contributed by atoms with E-state index in [0.29, 0.717) is 88.3 Å². The SMILES string of the molecule is CBr.CC.CC(C)Oc1cc2c(c3ccccc13)CCN2C.CCl.CN(C)CCOc1ccc2[nH]c(C=O)cc2c1.CO.COC.COc1cc2c(c3c1N[C@@](C)(C=O)C3=O)CCN2C(=O)c1cc2cc(OC)c(OC)c(OC)c2[nH]1. The van der Waals surface area contributed by atoms with Crippen LogP contribution in [0, 0.1) is 0 Å². The molecule has 1 amide bonds. The van der Waals surface area contributed by atoms with Crippen molar-refractivity contribution < 1.29 is 57.4 Å². The molecule has 5 heterocycles. The number of aromatic amines is 2. The Morgan fingerprint density at radius 3 is 1.99 bits per heavy atom. The summed E-state index contributed by atoms with van der Waals surface area (Å²) in [6.45, 7) is 12.7. The number of aldehydes is 2. The molecule has 0 aliphatic carbocycles. The molecule has 442 valence electrons. The summed E-state index contributed by atoms with van der Waals surface area (Å²) in [5.74, 6) is 4.75. The molecule has 3 aliphatic heterocycles. The number of aromatic nitrogens is 2. The van der Waals surface area contributed by atoms with Gasteiger partial charge in [-0.1, -0.05) is 54.0 Å². The fourth-order valence-corrected chi connectivity index (χ4v) is 9.31. The van der Waals surface area contributed by atoms with Crippen LogP contribution in [0.15, 0.2) is 72.8 Å². The van der Waals surface area contributed by atoms with Crippen molar-refractivity contribution in [3.05, 3.63) is 101 Å². The highest BCUT2D eigenvalue weighted by molar-refractivity contribution is 9.08. The summed E-state index contributed by atoms with van der Waals surface area (Å²) in [6.07, 6.45) is 4.69. The molecule has 3 aliphatic rings. The Balaban J connectivity index is 0.000000316. The maximum Gasteiger partial charge on any atom is 0.274 e. The molecule has 18 nitrogen and oxygen atoms in total. The number of hydrogen-bond donors (Lipinski definition) is 4. The molecule has 4 N–H and O–H groups in total. The van der Waals surface area contributed by atoms with Gasteiger partial charge in [0.25, 0.3) is 5.91 Å². The van der Waals surface area contributed by atoms with Crippen molar-refractivity contribution >= 4 is 101 Å². The Morgan fingerprint density at radius 1 is 0.790 bits per heavy atom. The lowest BCUT2D eigenvalue weighted by atomic mass is 9.93. The van der Waals surface area contributed by atoms with Gasteiger partial charge >= 0.3 is 0 Å². The van der Waals surface area contributed by atoms with Gasteiger partial charge in [0.15, 0.2) is 35.4 Å². The van der Waals surface area contributed by atoms with Crippen LogP contribution in [-0.4, -0.2) is 165 Å². The molecule has 10 rings (SSSR count). The summed E-state index contributed by atoms with van der Waals surface area (Å²) in [5.41, 5.74) is 6.07. The number of benzene rings is 5. The third-order valence-corrected chi connectivity index (χ3v) is 12.8. The second-order valence-electron chi connectivity index (χ2n) is 18.5. The Morgan fingerprint density at radius 2 is 1.41 bits per heavy atom. The fourth-order valence-electron chi connectivity index (χ4n) is 9.31. The Hall–Kier alpha value is -7.03. The molecule has 0 unspecified atom stereocenters. The van der Waals surface area contributed by atoms with Crippen molar-refractivity contribution in [2.24, 2.45) is 0 Å². The van der Waals surface area contributed by atoms with Crippen molar-refractivity contribution in [1.29, 1.82) is 0 Å². The monoisotopic (exact) mass is 1200 g/mol. The number of hydrogen-bond acceptors (Lipinski definition) is 15. The number of ether oxygens (including phenoxy) is 7. The number of rotatable bonds is 13. The zero-order valence-electron chi connectivity index (χ0n) is 49.9. The number of methoxy groups -OCH3 is 5. The van der Waals surface area contributed by atoms with E-state index in [1.807, 2.05) is 58.0 Å². The molecule has 0 radical (unpaired) electrons. The largest absolute Gasteiger partial charge is 0.494 e. The predicted molar refractivity (Wildman–Crippen MR) is 332 cm³/mol. The van der Waals surface area contributed by atoms with Gasteiger partial charge in [-0.15, -0.1) is 11.6 Å². The van der Waals surface area contributed by atoms with Crippen molar-refractivity contribution in [1.82, 2.24) is 14.9 Å². The van der Waals surface area contributed by atoms with Gasteiger partial charge in [-0.05, 0) is 106 Å². The number of amides is 1. The average Bonchev–Trinajstić information content (AvgIpc) is 4.50. The number of likely N-dealkylation sites (N-methyl/N-ethyl adjacent to an activating group) is 2. The minimum atomic E-state index is -1.37. The highest BCUT2D eigenvalue weighted by atomic mass is 79.9. The van der Waals surface area contributed by atoms with Gasteiger partial charge < -0.3 is 73.0 Å². The number of aliphatic hydroxyl groups excluding tert-OH is 1. The van der Waals surface area contributed by atoms with Gasteiger partial charge in [0, 0.05) is 93.9 Å². The second-order valence-corrected chi connectivity index (χ2v) is 18.5. The van der Waals surface area contributed by atoms with E-state index in [9.17, 15) is 19.2 Å². The summed E-state index contributed by atoms with van der Waals surface area (Å²) in [4.78, 5) is 61.3. The number of carbonyl (C=O) groups is 4. The van der Waals surface area contributed by atoms with Crippen LogP contribution in [0.3, 0.4) is 0 Å². The molecule has 1 atom stereocenters. The fraction of sp³-hybridized carbons (Fsp3) is 0.410. The normalized spacial score (nSPS) is 13.9. The average molecular weight is 1210 g/mol. The molecule has 20 heteroatoms. The minimum Gasteiger partial charge on any atom is -0.494 e. The van der Waals surface area contributed by atoms with E-state index in [0.717, 1.165) is 60.7 Å². The number of H-pyrrole nitrogens is 2. The molecule has 2 aromatic heterocycles. The summed E-state index contributed by atoms with van der Waals surface area (Å²) < 4.78 is 37.8. The number of anilines is 3. The smallest absolute Gasteiger partial charge is 0.274 e. The van der Waals surface area contributed by atoms with Crippen LogP contribution in [0.1, 0.15) is 77.1 Å². The van der Waals surface area contributed by atoms with E-state index in [-0.39, 0.29) is 17.8 Å². The molecule has 0 saturated heterocycles. The lowest BCUT2D eigenvalue weighted by molar-refractivity contribution is -0.109. The lowest BCUT2D eigenvalue weighted by Gasteiger charge is -2.19. The molecule has 0 fully saturated rings. The Bertz CT molecular complexity index is 3180.